The lowest BCUT2D eigenvalue weighted by molar-refractivity contribution is 0.320. The molecule has 3 aromatic heterocycles. The topological polar surface area (TPSA) is 69.0 Å². The van der Waals surface area contributed by atoms with Crippen molar-refractivity contribution in [3.05, 3.63) is 71.8 Å². The molecule has 4 heterocycles. The zero-order valence-corrected chi connectivity index (χ0v) is 19.3. The van der Waals surface area contributed by atoms with Gasteiger partial charge in [0.2, 0.25) is 5.88 Å². The van der Waals surface area contributed by atoms with Crippen LogP contribution >= 0.6 is 0 Å². The molecule has 0 amide bonds. The fourth-order valence-corrected chi connectivity index (χ4v) is 4.37. The highest BCUT2D eigenvalue weighted by molar-refractivity contribution is 5.69. The third-order valence-electron chi connectivity index (χ3n) is 6.39. The first kappa shape index (κ1) is 21.3. The Labute approximate surface area is 194 Å². The van der Waals surface area contributed by atoms with Crippen molar-refractivity contribution < 1.29 is 4.74 Å². The predicted molar refractivity (Wildman–Crippen MR) is 128 cm³/mol. The van der Waals surface area contributed by atoms with E-state index in [9.17, 15) is 0 Å². The number of rotatable bonds is 6. The number of likely N-dealkylation sites (tertiary alicyclic amines) is 1. The molecule has 0 unspecified atom stereocenters. The van der Waals surface area contributed by atoms with Crippen LogP contribution in [0.15, 0.2) is 54.9 Å². The van der Waals surface area contributed by atoms with Crippen molar-refractivity contribution in [1.82, 2.24) is 29.6 Å². The van der Waals surface area contributed by atoms with E-state index >= 15 is 0 Å². The van der Waals surface area contributed by atoms with Gasteiger partial charge in [-0.25, -0.2) is 4.98 Å². The summed E-state index contributed by atoms with van der Waals surface area (Å²) in [5, 5.41) is 9.10. The number of ether oxygens (including phenoxy) is 1. The molecule has 168 valence electrons. The van der Waals surface area contributed by atoms with Gasteiger partial charge >= 0.3 is 0 Å². The summed E-state index contributed by atoms with van der Waals surface area (Å²) in [6, 6.07) is 14.3. The van der Waals surface area contributed by atoms with Crippen LogP contribution in [0.3, 0.4) is 0 Å². The van der Waals surface area contributed by atoms with Crippen molar-refractivity contribution in [1.29, 1.82) is 0 Å². The molecule has 1 fully saturated rings. The molecule has 1 saturated heterocycles. The molecule has 0 bridgehead atoms. The number of methoxy groups -OCH3 is 1. The van der Waals surface area contributed by atoms with Crippen molar-refractivity contribution in [2.45, 2.75) is 33.2 Å². The summed E-state index contributed by atoms with van der Waals surface area (Å²) in [6.07, 6.45) is 6.17. The molecular weight excluding hydrogens is 412 g/mol. The van der Waals surface area contributed by atoms with E-state index in [0.29, 0.717) is 11.7 Å². The molecule has 0 aliphatic carbocycles. The lowest BCUT2D eigenvalue weighted by atomic mass is 9.98. The second-order valence-corrected chi connectivity index (χ2v) is 8.50. The quantitative estimate of drug-likeness (QED) is 0.436. The minimum atomic E-state index is 0.575. The average molecular weight is 441 g/mol. The predicted octanol–water partition coefficient (Wildman–Crippen LogP) is 4.61. The van der Waals surface area contributed by atoms with E-state index in [1.54, 1.807) is 13.3 Å². The number of aryl methyl sites for hydroxylation is 1. The van der Waals surface area contributed by atoms with Gasteiger partial charge in [0.15, 0.2) is 11.6 Å². The Hall–Kier alpha value is -3.58. The maximum atomic E-state index is 5.24. The second kappa shape index (κ2) is 9.11. The summed E-state index contributed by atoms with van der Waals surface area (Å²) in [5.74, 6) is 2.17. The molecule has 1 aromatic carbocycles. The molecule has 0 atom stereocenters. The Balaban J connectivity index is 1.54. The molecule has 0 radical (unpaired) electrons. The van der Waals surface area contributed by atoms with Crippen molar-refractivity contribution in [2.24, 2.45) is 0 Å². The van der Waals surface area contributed by atoms with Crippen LogP contribution in [0.25, 0.3) is 28.3 Å². The summed E-state index contributed by atoms with van der Waals surface area (Å²) in [6.45, 7) is 7.21. The van der Waals surface area contributed by atoms with Gasteiger partial charge in [0, 0.05) is 17.8 Å². The highest BCUT2D eigenvalue weighted by atomic mass is 16.5. The number of hydrogen-bond acceptors (Lipinski definition) is 6. The highest BCUT2D eigenvalue weighted by Crippen LogP contribution is 2.28. The Morgan fingerprint density at radius 3 is 2.45 bits per heavy atom. The fraction of sp³-hybridized carbons (Fsp3) is 0.308. The van der Waals surface area contributed by atoms with Crippen LogP contribution in [-0.4, -0.2) is 49.8 Å². The highest BCUT2D eigenvalue weighted by Gasteiger charge is 2.21. The summed E-state index contributed by atoms with van der Waals surface area (Å²) in [5.41, 5.74) is 6.51. The number of nitrogens with zero attached hydrogens (tertiary/aromatic N) is 6. The minimum Gasteiger partial charge on any atom is -0.481 e. The molecule has 0 saturated carbocycles. The molecule has 1 aliphatic heterocycles. The van der Waals surface area contributed by atoms with Crippen LogP contribution < -0.4 is 4.74 Å². The minimum absolute atomic E-state index is 0.575. The van der Waals surface area contributed by atoms with Crippen LogP contribution in [0.5, 0.6) is 5.88 Å². The Bertz CT molecular complexity index is 1240. The molecule has 5 rings (SSSR count). The van der Waals surface area contributed by atoms with E-state index in [2.05, 4.69) is 62.8 Å². The lowest BCUT2D eigenvalue weighted by Gasteiger charge is -2.16. The summed E-state index contributed by atoms with van der Waals surface area (Å²) in [4.78, 5) is 11.6. The van der Waals surface area contributed by atoms with Gasteiger partial charge in [0.05, 0.1) is 25.5 Å². The van der Waals surface area contributed by atoms with E-state index in [1.165, 1.54) is 29.5 Å². The van der Waals surface area contributed by atoms with Crippen molar-refractivity contribution in [3.8, 4) is 34.2 Å². The summed E-state index contributed by atoms with van der Waals surface area (Å²) >= 11 is 0. The average Bonchev–Trinajstić information content (AvgIpc) is 3.52. The zero-order chi connectivity index (χ0) is 22.8. The number of pyridine rings is 2. The summed E-state index contributed by atoms with van der Waals surface area (Å²) in [7, 11) is 1.62. The van der Waals surface area contributed by atoms with Crippen molar-refractivity contribution in [2.75, 3.05) is 20.2 Å². The first-order valence-corrected chi connectivity index (χ1v) is 11.3. The number of hydrogen-bond donors (Lipinski definition) is 0. The first-order chi connectivity index (χ1) is 16.1. The zero-order valence-electron chi connectivity index (χ0n) is 19.3. The Morgan fingerprint density at radius 2 is 1.76 bits per heavy atom. The van der Waals surface area contributed by atoms with Gasteiger partial charge in [0.25, 0.3) is 0 Å². The molecule has 33 heavy (non-hydrogen) atoms. The third kappa shape index (κ3) is 4.24. The van der Waals surface area contributed by atoms with Gasteiger partial charge in [-0.1, -0.05) is 24.3 Å². The van der Waals surface area contributed by atoms with Crippen LogP contribution in [0.1, 0.15) is 29.8 Å². The van der Waals surface area contributed by atoms with Gasteiger partial charge in [0.1, 0.15) is 5.69 Å². The third-order valence-corrected chi connectivity index (χ3v) is 6.39. The monoisotopic (exact) mass is 440 g/mol. The van der Waals surface area contributed by atoms with E-state index in [4.69, 9.17) is 9.72 Å². The van der Waals surface area contributed by atoms with Crippen LogP contribution in [0.4, 0.5) is 0 Å². The first-order valence-electron chi connectivity index (χ1n) is 11.3. The maximum absolute atomic E-state index is 5.24. The van der Waals surface area contributed by atoms with E-state index in [1.807, 2.05) is 24.4 Å². The smallest absolute Gasteiger partial charge is 0.213 e. The van der Waals surface area contributed by atoms with E-state index in [-0.39, 0.29) is 0 Å². The van der Waals surface area contributed by atoms with Crippen molar-refractivity contribution in [3.63, 3.8) is 0 Å². The lowest BCUT2D eigenvalue weighted by Crippen LogP contribution is -2.21. The molecule has 7 nitrogen and oxygen atoms in total. The van der Waals surface area contributed by atoms with Gasteiger partial charge in [-0.3, -0.25) is 14.5 Å². The molecular formula is C26H28N6O. The fourth-order valence-electron chi connectivity index (χ4n) is 4.37. The number of benzene rings is 1. The van der Waals surface area contributed by atoms with Crippen molar-refractivity contribution >= 4 is 0 Å². The van der Waals surface area contributed by atoms with Crippen LogP contribution in [0.2, 0.25) is 0 Å². The summed E-state index contributed by atoms with van der Waals surface area (Å²) < 4.78 is 7.30. The van der Waals surface area contributed by atoms with E-state index in [0.717, 1.165) is 42.4 Å². The van der Waals surface area contributed by atoms with Gasteiger partial charge < -0.3 is 4.74 Å². The normalized spacial score (nSPS) is 14.0. The van der Waals surface area contributed by atoms with Gasteiger partial charge in [-0.05, 0) is 68.6 Å². The second-order valence-electron chi connectivity index (χ2n) is 8.50. The molecule has 1 aliphatic rings. The van der Waals surface area contributed by atoms with Gasteiger partial charge in [-0.2, -0.15) is 0 Å². The van der Waals surface area contributed by atoms with Crippen LogP contribution in [0, 0.1) is 13.8 Å². The standard InChI is InChI=1S/C26H28N6O/c1-18-7-6-8-22(19(18)2)20-9-11-23(27-15-20)26-30-29-24(17-31-13-4-5-14-31)32(26)21-10-12-25(33-3)28-16-21/h6-12,15-16H,4-5,13-14,17H2,1-3H3. The molecule has 4 aromatic rings. The Kier molecular flexibility index (Phi) is 5.88. The molecule has 0 N–H and O–H groups in total. The Morgan fingerprint density at radius 1 is 0.909 bits per heavy atom. The number of aromatic nitrogens is 5. The van der Waals surface area contributed by atoms with Crippen LogP contribution in [-0.2, 0) is 6.54 Å². The largest absolute Gasteiger partial charge is 0.481 e. The molecule has 7 heteroatoms. The van der Waals surface area contributed by atoms with Gasteiger partial charge in [-0.15, -0.1) is 10.2 Å². The molecule has 0 spiro atoms. The SMILES string of the molecule is COc1ccc(-n2c(CN3CCCC3)nnc2-c2ccc(-c3cccc(C)c3C)cn2)cn1. The maximum Gasteiger partial charge on any atom is 0.213 e. The van der Waals surface area contributed by atoms with E-state index < -0.39 is 0 Å².